The maximum Gasteiger partial charge on any atom is 0.251 e. The van der Waals surface area contributed by atoms with Crippen molar-refractivity contribution in [1.29, 1.82) is 0 Å². The Kier molecular flexibility index (Phi) is 4.86. The Morgan fingerprint density at radius 3 is 2.93 bits per heavy atom. The molecule has 1 rings (SSSR count). The van der Waals surface area contributed by atoms with Gasteiger partial charge in [-0.25, -0.2) is 0 Å². The molecule has 1 heterocycles. The Morgan fingerprint density at radius 1 is 1.64 bits per heavy atom. The van der Waals surface area contributed by atoms with E-state index >= 15 is 0 Å². The van der Waals surface area contributed by atoms with Crippen LogP contribution in [0.5, 0.6) is 0 Å². The van der Waals surface area contributed by atoms with Crippen LogP contribution in [-0.4, -0.2) is 49.6 Å². The molecule has 0 aromatic rings. The van der Waals surface area contributed by atoms with Gasteiger partial charge in [0.15, 0.2) is 6.10 Å². The topological polar surface area (TPSA) is 67.8 Å². The summed E-state index contributed by atoms with van der Waals surface area (Å²) in [4.78, 5) is 11.5. The number of hydrogen-bond donors (Lipinski definition) is 2. The van der Waals surface area contributed by atoms with Crippen LogP contribution in [0.25, 0.3) is 0 Å². The lowest BCUT2D eigenvalue weighted by molar-refractivity contribution is -0.148. The fourth-order valence-corrected chi connectivity index (χ4v) is 1.21. The highest BCUT2D eigenvalue weighted by Crippen LogP contribution is 2.01. The third kappa shape index (κ3) is 3.25. The van der Waals surface area contributed by atoms with Gasteiger partial charge in [0.25, 0.3) is 5.91 Å². The normalized spacial score (nSPS) is 24.3. The van der Waals surface area contributed by atoms with Gasteiger partial charge in [-0.2, -0.15) is 0 Å². The standard InChI is InChI=1S/C9H17NO4/c1-2-7(5-11)10-9(12)8-6-13-3-4-14-8/h7-8,11H,2-6H2,1H3,(H,10,12)/t7-,8?/m0/s1. The molecule has 0 spiro atoms. The fourth-order valence-electron chi connectivity index (χ4n) is 1.21. The first kappa shape index (κ1) is 11.4. The number of ether oxygens (including phenoxy) is 2. The summed E-state index contributed by atoms with van der Waals surface area (Å²) in [5.74, 6) is -0.203. The number of carbonyl (C=O) groups excluding carboxylic acids is 1. The van der Waals surface area contributed by atoms with E-state index in [-0.39, 0.29) is 18.6 Å². The van der Waals surface area contributed by atoms with Crippen molar-refractivity contribution in [2.24, 2.45) is 0 Å². The van der Waals surface area contributed by atoms with Crippen LogP contribution in [0.2, 0.25) is 0 Å². The number of amides is 1. The fraction of sp³-hybridized carbons (Fsp3) is 0.889. The molecule has 1 amide bonds. The molecule has 5 nitrogen and oxygen atoms in total. The third-order valence-corrected chi connectivity index (χ3v) is 2.17. The van der Waals surface area contributed by atoms with Crippen molar-refractivity contribution in [1.82, 2.24) is 5.32 Å². The van der Waals surface area contributed by atoms with Gasteiger partial charge >= 0.3 is 0 Å². The Morgan fingerprint density at radius 2 is 2.43 bits per heavy atom. The molecule has 0 radical (unpaired) electrons. The van der Waals surface area contributed by atoms with Crippen molar-refractivity contribution in [3.05, 3.63) is 0 Å². The summed E-state index contributed by atoms with van der Waals surface area (Å²) < 4.78 is 10.3. The minimum atomic E-state index is -0.524. The summed E-state index contributed by atoms with van der Waals surface area (Å²) in [6, 6.07) is -0.187. The van der Waals surface area contributed by atoms with E-state index in [0.29, 0.717) is 26.2 Å². The first-order chi connectivity index (χ1) is 6.77. The van der Waals surface area contributed by atoms with E-state index in [1.165, 1.54) is 0 Å². The predicted octanol–water partition coefficient (Wildman–Crippen LogP) is -0.711. The second-order valence-electron chi connectivity index (χ2n) is 3.23. The molecule has 1 aliphatic rings. The summed E-state index contributed by atoms with van der Waals surface area (Å²) in [6.45, 7) is 3.15. The van der Waals surface area contributed by atoms with Gasteiger partial charge in [0, 0.05) is 0 Å². The lowest BCUT2D eigenvalue weighted by atomic mass is 10.2. The molecular weight excluding hydrogens is 186 g/mol. The average Bonchev–Trinajstić information content (AvgIpc) is 2.26. The second-order valence-corrected chi connectivity index (χ2v) is 3.23. The molecule has 0 saturated carbocycles. The monoisotopic (exact) mass is 203 g/mol. The lowest BCUT2D eigenvalue weighted by Gasteiger charge is -2.24. The van der Waals surface area contributed by atoms with Crippen LogP contribution in [0.3, 0.4) is 0 Å². The predicted molar refractivity (Wildman–Crippen MR) is 49.9 cm³/mol. The van der Waals surface area contributed by atoms with Crippen molar-refractivity contribution < 1.29 is 19.4 Å². The Bertz CT molecular complexity index is 176. The summed E-state index contributed by atoms with van der Waals surface area (Å²) >= 11 is 0. The number of hydrogen-bond acceptors (Lipinski definition) is 4. The van der Waals surface area contributed by atoms with E-state index in [1.807, 2.05) is 6.92 Å². The summed E-state index contributed by atoms with van der Waals surface area (Å²) in [7, 11) is 0. The SMILES string of the molecule is CC[C@@H](CO)NC(=O)C1COCCO1. The van der Waals surface area contributed by atoms with Gasteiger partial charge in [-0.1, -0.05) is 6.92 Å². The number of aliphatic hydroxyl groups excluding tert-OH is 1. The zero-order valence-electron chi connectivity index (χ0n) is 8.36. The van der Waals surface area contributed by atoms with E-state index in [4.69, 9.17) is 14.6 Å². The highest BCUT2D eigenvalue weighted by atomic mass is 16.6. The van der Waals surface area contributed by atoms with Crippen molar-refractivity contribution in [2.75, 3.05) is 26.4 Å². The molecule has 5 heteroatoms. The van der Waals surface area contributed by atoms with Crippen LogP contribution in [0, 0.1) is 0 Å². The molecule has 14 heavy (non-hydrogen) atoms. The van der Waals surface area contributed by atoms with Gasteiger partial charge in [0.1, 0.15) is 0 Å². The summed E-state index contributed by atoms with van der Waals surface area (Å²) in [6.07, 6.45) is 0.180. The first-order valence-electron chi connectivity index (χ1n) is 4.88. The maximum atomic E-state index is 11.5. The Labute approximate surface area is 83.4 Å². The van der Waals surface area contributed by atoms with Crippen molar-refractivity contribution in [2.45, 2.75) is 25.5 Å². The Balaban J connectivity index is 2.32. The highest BCUT2D eigenvalue weighted by Gasteiger charge is 2.23. The van der Waals surface area contributed by atoms with Crippen LogP contribution in [0.1, 0.15) is 13.3 Å². The van der Waals surface area contributed by atoms with Crippen molar-refractivity contribution in [3.8, 4) is 0 Å². The van der Waals surface area contributed by atoms with Crippen LogP contribution in [-0.2, 0) is 14.3 Å². The molecule has 1 saturated heterocycles. The number of nitrogens with one attached hydrogen (secondary N) is 1. The van der Waals surface area contributed by atoms with Gasteiger partial charge in [-0.05, 0) is 6.42 Å². The van der Waals surface area contributed by atoms with Crippen LogP contribution in [0.4, 0.5) is 0 Å². The molecule has 2 N–H and O–H groups in total. The third-order valence-electron chi connectivity index (χ3n) is 2.17. The summed E-state index contributed by atoms with van der Waals surface area (Å²) in [5, 5.41) is 11.6. The molecule has 0 aliphatic carbocycles. The zero-order chi connectivity index (χ0) is 10.4. The molecule has 0 aromatic carbocycles. The highest BCUT2D eigenvalue weighted by molar-refractivity contribution is 5.81. The largest absolute Gasteiger partial charge is 0.394 e. The smallest absolute Gasteiger partial charge is 0.251 e. The lowest BCUT2D eigenvalue weighted by Crippen LogP contribution is -2.47. The molecule has 1 fully saturated rings. The quantitative estimate of drug-likeness (QED) is 0.633. The van der Waals surface area contributed by atoms with Crippen molar-refractivity contribution in [3.63, 3.8) is 0 Å². The van der Waals surface area contributed by atoms with E-state index in [0.717, 1.165) is 0 Å². The molecule has 82 valence electrons. The van der Waals surface area contributed by atoms with Crippen LogP contribution >= 0.6 is 0 Å². The number of carbonyl (C=O) groups is 1. The number of aliphatic hydroxyl groups is 1. The Hall–Kier alpha value is -0.650. The molecule has 0 bridgehead atoms. The van der Waals surface area contributed by atoms with Gasteiger partial charge < -0.3 is 19.9 Å². The van der Waals surface area contributed by atoms with E-state index in [2.05, 4.69) is 5.32 Å². The molecular formula is C9H17NO4. The van der Waals surface area contributed by atoms with Gasteiger partial charge in [0.2, 0.25) is 0 Å². The molecule has 2 atom stereocenters. The molecule has 1 aliphatic heterocycles. The minimum Gasteiger partial charge on any atom is -0.394 e. The number of rotatable bonds is 4. The van der Waals surface area contributed by atoms with Gasteiger partial charge in [-0.3, -0.25) is 4.79 Å². The summed E-state index contributed by atoms with van der Waals surface area (Å²) in [5.41, 5.74) is 0. The average molecular weight is 203 g/mol. The van der Waals surface area contributed by atoms with Crippen LogP contribution in [0.15, 0.2) is 0 Å². The first-order valence-corrected chi connectivity index (χ1v) is 4.88. The second kappa shape index (κ2) is 5.95. The zero-order valence-corrected chi connectivity index (χ0v) is 8.36. The van der Waals surface area contributed by atoms with E-state index < -0.39 is 6.10 Å². The van der Waals surface area contributed by atoms with Crippen molar-refractivity contribution >= 4 is 5.91 Å². The maximum absolute atomic E-state index is 11.5. The van der Waals surface area contributed by atoms with E-state index in [1.54, 1.807) is 0 Å². The molecule has 1 unspecified atom stereocenters. The van der Waals surface area contributed by atoms with Gasteiger partial charge in [-0.15, -0.1) is 0 Å². The molecule has 0 aromatic heterocycles. The minimum absolute atomic E-state index is 0.0458. The van der Waals surface area contributed by atoms with E-state index in [9.17, 15) is 4.79 Å². The van der Waals surface area contributed by atoms with Crippen LogP contribution < -0.4 is 5.32 Å². The van der Waals surface area contributed by atoms with Gasteiger partial charge in [0.05, 0.1) is 32.5 Å².